The Morgan fingerprint density at radius 2 is 1.20 bits per heavy atom. The number of benzene rings is 2. The number of hydrogen-bond donors (Lipinski definition) is 2. The van der Waals surface area contributed by atoms with E-state index in [2.05, 4.69) is 0 Å². The Labute approximate surface area is 188 Å². The molecule has 0 aromatic heterocycles. The number of hydrogen-bond acceptors (Lipinski definition) is 2. The molecule has 2 aromatic carbocycles. The normalized spacial score (nSPS) is 11.0. The first-order chi connectivity index (χ1) is 11.4. The predicted octanol–water partition coefficient (Wildman–Crippen LogP) is 2.74. The van der Waals surface area contributed by atoms with Crippen LogP contribution in [0.5, 0.6) is 0 Å². The molecule has 0 radical (unpaired) electrons. The van der Waals surface area contributed by atoms with E-state index in [-0.39, 0.29) is 55.3 Å². The van der Waals surface area contributed by atoms with Gasteiger partial charge >= 0.3 is 60.8 Å². The van der Waals surface area contributed by atoms with Crippen LogP contribution in [-0.4, -0.2) is 71.0 Å². The van der Waals surface area contributed by atoms with Crippen LogP contribution >= 0.6 is 0 Å². The molecule has 4 nitrogen and oxygen atoms in total. The van der Waals surface area contributed by atoms with Crippen LogP contribution in [0.3, 0.4) is 0 Å². The summed E-state index contributed by atoms with van der Waals surface area (Å²) in [4.78, 5) is 22.7. The van der Waals surface area contributed by atoms with Crippen molar-refractivity contribution in [1.29, 1.82) is 0 Å². The number of aliphatic carboxylic acids is 2. The van der Waals surface area contributed by atoms with Crippen molar-refractivity contribution in [3.8, 4) is 0 Å². The number of carboxylic acid groups (broad SMARTS) is 2. The van der Waals surface area contributed by atoms with Crippen molar-refractivity contribution in [2.75, 3.05) is 0 Å². The Bertz CT molecular complexity index is 630. The summed E-state index contributed by atoms with van der Waals surface area (Å²) in [6.45, 7) is 1.96. The van der Waals surface area contributed by atoms with Gasteiger partial charge in [0.15, 0.2) is 5.92 Å². The average molecular weight is 466 g/mol. The first-order valence-electron chi connectivity index (χ1n) is 7.93. The molecule has 2 N–H and O–H groups in total. The quantitative estimate of drug-likeness (QED) is 0.464. The first-order valence-corrected chi connectivity index (χ1v) is 7.93. The van der Waals surface area contributed by atoms with Crippen molar-refractivity contribution >= 4 is 60.8 Å². The molecule has 0 aliphatic rings. The second kappa shape index (κ2) is 10.2. The van der Waals surface area contributed by atoms with Crippen molar-refractivity contribution in [2.45, 2.75) is 26.2 Å². The van der Waals surface area contributed by atoms with Gasteiger partial charge < -0.3 is 10.2 Å². The molecule has 0 aliphatic heterocycles. The molecule has 0 bridgehead atoms. The maximum absolute atomic E-state index is 11.3. The minimum absolute atomic E-state index is 0. The van der Waals surface area contributed by atoms with E-state index in [1.165, 1.54) is 0 Å². The third kappa shape index (κ3) is 6.99. The molecule has 0 amide bonds. The predicted molar refractivity (Wildman–Crippen MR) is 100 cm³/mol. The third-order valence-corrected chi connectivity index (χ3v) is 4.24. The summed E-state index contributed by atoms with van der Waals surface area (Å²) in [5.41, 5.74) is 1.68. The maximum atomic E-state index is 11.3. The zero-order valence-corrected chi connectivity index (χ0v) is 13.7. The van der Waals surface area contributed by atoms with E-state index in [0.29, 0.717) is 12.8 Å². The molecule has 2 aromatic rings. The van der Waals surface area contributed by atoms with E-state index < -0.39 is 23.3 Å². The van der Waals surface area contributed by atoms with E-state index in [1.54, 1.807) is 0 Å². The summed E-state index contributed by atoms with van der Waals surface area (Å²) in [5, 5.41) is 18.5. The van der Waals surface area contributed by atoms with Crippen molar-refractivity contribution in [3.05, 3.63) is 71.8 Å². The molecule has 0 atom stereocenters. The molecular formula is C20H24BaO4. The molecule has 25 heavy (non-hydrogen) atoms. The molecule has 0 heterocycles. The van der Waals surface area contributed by atoms with Gasteiger partial charge in [0.1, 0.15) is 0 Å². The topological polar surface area (TPSA) is 74.6 Å². The van der Waals surface area contributed by atoms with Crippen LogP contribution in [0.25, 0.3) is 0 Å². The number of carboxylic acids is 2. The average Bonchev–Trinajstić information content (AvgIpc) is 2.54. The zero-order chi connectivity index (χ0) is 17.6. The molecule has 0 spiro atoms. The van der Waals surface area contributed by atoms with E-state index in [1.807, 2.05) is 67.6 Å². The van der Waals surface area contributed by atoms with Gasteiger partial charge in [0.05, 0.1) is 0 Å². The second-order valence-electron chi connectivity index (χ2n) is 6.57. The molecule has 0 fully saturated rings. The van der Waals surface area contributed by atoms with Gasteiger partial charge in [-0.15, -0.1) is 0 Å². The van der Waals surface area contributed by atoms with E-state index in [4.69, 9.17) is 0 Å². The van der Waals surface area contributed by atoms with Gasteiger partial charge in [0.25, 0.3) is 0 Å². The minimum atomic E-state index is -1.40. The van der Waals surface area contributed by atoms with Crippen LogP contribution in [0.1, 0.15) is 24.5 Å². The molecule has 5 heteroatoms. The van der Waals surface area contributed by atoms with E-state index in [0.717, 1.165) is 11.1 Å². The standard InChI is InChI=1S/C20H22O4.Ba.2H/c1-20(12-15-8-4-2-5-9-15,13-16-10-6-3-7-11-16)14-17(18(21)22)19(23)24;;;/h2-11,17H,12-14H2,1H3,(H,21,22)(H,23,24);;;. The fraction of sp³-hybridized carbons (Fsp3) is 0.300. The molecule has 0 saturated carbocycles. The van der Waals surface area contributed by atoms with Gasteiger partial charge in [0.2, 0.25) is 0 Å². The molecule has 2 rings (SSSR count). The van der Waals surface area contributed by atoms with Crippen molar-refractivity contribution in [2.24, 2.45) is 11.3 Å². The summed E-state index contributed by atoms with van der Waals surface area (Å²) in [6, 6.07) is 19.5. The van der Waals surface area contributed by atoms with Gasteiger partial charge in [-0.3, -0.25) is 9.59 Å². The molecule has 0 aliphatic carbocycles. The molecule has 0 unspecified atom stereocenters. The number of carbonyl (C=O) groups is 2. The van der Waals surface area contributed by atoms with Gasteiger partial charge in [-0.25, -0.2) is 0 Å². The number of rotatable bonds is 8. The monoisotopic (exact) mass is 466 g/mol. The summed E-state index contributed by atoms with van der Waals surface area (Å²) in [6.07, 6.45) is 1.33. The third-order valence-electron chi connectivity index (χ3n) is 4.24. The van der Waals surface area contributed by atoms with Crippen molar-refractivity contribution in [3.63, 3.8) is 0 Å². The van der Waals surface area contributed by atoms with Crippen LogP contribution in [0.2, 0.25) is 0 Å². The summed E-state index contributed by atoms with van der Waals surface area (Å²) >= 11 is 0. The van der Waals surface area contributed by atoms with Gasteiger partial charge in [-0.1, -0.05) is 67.6 Å². The Kier molecular flexibility index (Phi) is 8.96. The molecular weight excluding hydrogens is 442 g/mol. The Hall–Kier alpha value is -1.05. The SMILES string of the molecule is CC(Cc1ccccc1)(Cc1ccccc1)CC(C(=O)O)C(=O)O.[BaH2]. The van der Waals surface area contributed by atoms with E-state index in [9.17, 15) is 19.8 Å². The van der Waals surface area contributed by atoms with Crippen LogP contribution in [-0.2, 0) is 22.4 Å². The van der Waals surface area contributed by atoms with Crippen LogP contribution < -0.4 is 0 Å². The Balaban J connectivity index is 0.00000312. The van der Waals surface area contributed by atoms with Gasteiger partial charge in [0, 0.05) is 0 Å². The van der Waals surface area contributed by atoms with Gasteiger partial charge in [-0.05, 0) is 35.8 Å². The van der Waals surface area contributed by atoms with Crippen LogP contribution in [0.15, 0.2) is 60.7 Å². The summed E-state index contributed by atoms with van der Waals surface area (Å²) < 4.78 is 0. The van der Waals surface area contributed by atoms with Crippen molar-refractivity contribution in [1.82, 2.24) is 0 Å². The summed E-state index contributed by atoms with van der Waals surface area (Å²) in [5.74, 6) is -3.97. The zero-order valence-electron chi connectivity index (χ0n) is 13.7. The fourth-order valence-corrected chi connectivity index (χ4v) is 3.16. The second-order valence-corrected chi connectivity index (χ2v) is 6.57. The fourth-order valence-electron chi connectivity index (χ4n) is 3.16. The molecule has 0 saturated heterocycles. The Morgan fingerprint density at radius 3 is 1.52 bits per heavy atom. The van der Waals surface area contributed by atoms with Crippen LogP contribution in [0.4, 0.5) is 0 Å². The Morgan fingerprint density at radius 1 is 0.840 bits per heavy atom. The van der Waals surface area contributed by atoms with E-state index >= 15 is 0 Å². The first kappa shape index (κ1) is 22.0. The summed E-state index contributed by atoms with van der Waals surface area (Å²) in [7, 11) is 0. The van der Waals surface area contributed by atoms with Crippen LogP contribution in [0, 0.1) is 11.3 Å². The van der Waals surface area contributed by atoms with Gasteiger partial charge in [-0.2, -0.15) is 0 Å². The molecule has 130 valence electrons. The van der Waals surface area contributed by atoms with Crippen molar-refractivity contribution < 1.29 is 19.8 Å².